The molecule has 5 rings (SSSR count). The third kappa shape index (κ3) is 1.91. The van der Waals surface area contributed by atoms with Crippen molar-refractivity contribution in [2.45, 2.75) is 22.8 Å². The number of hydrogen-bond acceptors (Lipinski definition) is 5. The van der Waals surface area contributed by atoms with E-state index in [0.29, 0.717) is 23.7 Å². The first kappa shape index (κ1) is 14.4. The SMILES string of the molecule is COc1cc([C@H]2C[C@@H]3OC(=O)[C@@]2(Br)C=C3Br)cc2c1OCO2. The fraction of sp³-hybridized carbons (Fsp3) is 0.400. The van der Waals surface area contributed by atoms with E-state index in [-0.39, 0.29) is 24.8 Å². The molecule has 0 amide bonds. The molecule has 3 heterocycles. The van der Waals surface area contributed by atoms with E-state index in [9.17, 15) is 4.79 Å². The predicted molar refractivity (Wildman–Crippen MR) is 85.0 cm³/mol. The van der Waals surface area contributed by atoms with Gasteiger partial charge in [0.05, 0.1) is 7.11 Å². The zero-order valence-corrected chi connectivity index (χ0v) is 14.8. The first-order valence-corrected chi connectivity index (χ1v) is 8.37. The molecule has 116 valence electrons. The Morgan fingerprint density at radius 2 is 2.18 bits per heavy atom. The highest BCUT2D eigenvalue weighted by Gasteiger charge is 2.54. The van der Waals surface area contributed by atoms with Gasteiger partial charge in [-0.25, -0.2) is 0 Å². The molecular weight excluding hydrogens is 420 g/mol. The van der Waals surface area contributed by atoms with E-state index in [1.165, 1.54) is 0 Å². The lowest BCUT2D eigenvalue weighted by atomic mass is 9.75. The van der Waals surface area contributed by atoms with Crippen LogP contribution < -0.4 is 14.2 Å². The van der Waals surface area contributed by atoms with Gasteiger partial charge in [0.2, 0.25) is 12.5 Å². The molecule has 1 aromatic rings. The number of methoxy groups -OCH3 is 1. The van der Waals surface area contributed by atoms with Crippen LogP contribution in [-0.2, 0) is 9.53 Å². The van der Waals surface area contributed by atoms with Gasteiger partial charge in [-0.2, -0.15) is 0 Å². The fourth-order valence-corrected chi connectivity index (χ4v) is 4.89. The second-order valence-corrected chi connectivity index (χ2v) is 7.66. The highest BCUT2D eigenvalue weighted by atomic mass is 79.9. The van der Waals surface area contributed by atoms with Crippen molar-refractivity contribution >= 4 is 37.8 Å². The van der Waals surface area contributed by atoms with Crippen molar-refractivity contribution in [2.24, 2.45) is 0 Å². The van der Waals surface area contributed by atoms with E-state index in [4.69, 9.17) is 18.9 Å². The van der Waals surface area contributed by atoms with Crippen LogP contribution in [0.5, 0.6) is 17.2 Å². The highest BCUT2D eigenvalue weighted by Crippen LogP contribution is 2.54. The number of fused-ring (bicyclic) bond motifs is 3. The summed E-state index contributed by atoms with van der Waals surface area (Å²) in [4.78, 5) is 12.3. The molecule has 3 aliphatic heterocycles. The monoisotopic (exact) mass is 430 g/mol. The zero-order chi connectivity index (χ0) is 15.5. The van der Waals surface area contributed by atoms with Gasteiger partial charge in [0, 0.05) is 10.4 Å². The lowest BCUT2D eigenvalue weighted by Crippen LogP contribution is -2.50. The Kier molecular flexibility index (Phi) is 3.20. The van der Waals surface area contributed by atoms with Crippen LogP contribution in [-0.4, -0.2) is 30.3 Å². The summed E-state index contributed by atoms with van der Waals surface area (Å²) in [6.07, 6.45) is 2.33. The van der Waals surface area contributed by atoms with Crippen LogP contribution in [0, 0.1) is 0 Å². The second kappa shape index (κ2) is 4.89. The summed E-state index contributed by atoms with van der Waals surface area (Å²) in [5.74, 6) is 1.52. The van der Waals surface area contributed by atoms with Crippen LogP contribution in [0.25, 0.3) is 0 Å². The maximum Gasteiger partial charge on any atom is 0.328 e. The molecule has 1 aromatic carbocycles. The molecule has 22 heavy (non-hydrogen) atoms. The average molecular weight is 432 g/mol. The van der Waals surface area contributed by atoms with Gasteiger partial charge in [0.25, 0.3) is 0 Å². The maximum absolute atomic E-state index is 12.3. The van der Waals surface area contributed by atoms with Crippen LogP contribution in [0.3, 0.4) is 0 Å². The van der Waals surface area contributed by atoms with Gasteiger partial charge in [-0.15, -0.1) is 0 Å². The van der Waals surface area contributed by atoms with Crippen molar-refractivity contribution < 1.29 is 23.7 Å². The Bertz CT molecular complexity index is 701. The average Bonchev–Trinajstić information content (AvgIpc) is 2.96. The fourth-order valence-electron chi connectivity index (χ4n) is 3.15. The normalized spacial score (nSPS) is 31.8. The molecule has 7 heteroatoms. The molecule has 0 radical (unpaired) electrons. The van der Waals surface area contributed by atoms with Crippen LogP contribution in [0.1, 0.15) is 17.9 Å². The molecule has 5 nitrogen and oxygen atoms in total. The van der Waals surface area contributed by atoms with Crippen molar-refractivity contribution in [1.29, 1.82) is 0 Å². The van der Waals surface area contributed by atoms with Crippen molar-refractivity contribution in [3.8, 4) is 17.2 Å². The largest absolute Gasteiger partial charge is 0.493 e. The van der Waals surface area contributed by atoms with Crippen molar-refractivity contribution in [3.63, 3.8) is 0 Å². The number of esters is 1. The van der Waals surface area contributed by atoms with Gasteiger partial charge in [-0.3, -0.25) is 4.79 Å². The number of rotatable bonds is 2. The lowest BCUT2D eigenvalue weighted by Gasteiger charge is -2.44. The van der Waals surface area contributed by atoms with E-state index in [1.807, 2.05) is 18.2 Å². The minimum atomic E-state index is -0.876. The number of benzene rings is 1. The molecule has 4 aliphatic rings. The summed E-state index contributed by atoms with van der Waals surface area (Å²) in [5, 5.41) is 0. The molecule has 1 saturated heterocycles. The molecule has 0 saturated carbocycles. The van der Waals surface area contributed by atoms with Crippen LogP contribution >= 0.6 is 31.9 Å². The minimum Gasteiger partial charge on any atom is -0.493 e. The highest BCUT2D eigenvalue weighted by molar-refractivity contribution is 9.12. The van der Waals surface area contributed by atoms with Gasteiger partial charge in [0.15, 0.2) is 11.5 Å². The standard InChI is InChI=1S/C15H12Br2O5/c1-19-11-2-7(3-12-13(11)21-6-20-12)8-4-10-9(16)5-15(8,17)14(18)22-10/h2-3,5,8,10H,4,6H2,1H3/t8-,10+,15-/m1/s1. The van der Waals surface area contributed by atoms with E-state index in [0.717, 1.165) is 10.0 Å². The van der Waals surface area contributed by atoms with E-state index in [1.54, 1.807) is 7.11 Å². The van der Waals surface area contributed by atoms with E-state index < -0.39 is 4.32 Å². The van der Waals surface area contributed by atoms with Crippen molar-refractivity contribution in [2.75, 3.05) is 13.9 Å². The van der Waals surface area contributed by atoms with Crippen molar-refractivity contribution in [1.82, 2.24) is 0 Å². The smallest absolute Gasteiger partial charge is 0.328 e. The predicted octanol–water partition coefficient (Wildman–Crippen LogP) is 3.25. The Labute approximate surface area is 143 Å². The number of halogens is 2. The third-order valence-corrected chi connectivity index (χ3v) is 6.10. The third-order valence-electron chi connectivity index (χ3n) is 4.26. The summed E-state index contributed by atoms with van der Waals surface area (Å²) >= 11 is 7.05. The lowest BCUT2D eigenvalue weighted by molar-refractivity contribution is -0.155. The topological polar surface area (TPSA) is 54.0 Å². The van der Waals surface area contributed by atoms with Gasteiger partial charge in [-0.05, 0) is 30.2 Å². The summed E-state index contributed by atoms with van der Waals surface area (Å²) in [5.41, 5.74) is 0.955. The second-order valence-electron chi connectivity index (χ2n) is 5.44. The molecule has 0 spiro atoms. The number of carbonyl (C=O) groups is 1. The molecule has 0 unspecified atom stereocenters. The zero-order valence-electron chi connectivity index (χ0n) is 11.6. The first-order valence-electron chi connectivity index (χ1n) is 6.78. The molecule has 0 aromatic heterocycles. The number of hydrogen-bond donors (Lipinski definition) is 0. The van der Waals surface area contributed by atoms with Crippen LogP contribution in [0.4, 0.5) is 0 Å². The molecule has 3 atom stereocenters. The van der Waals surface area contributed by atoms with Gasteiger partial charge in [0.1, 0.15) is 10.4 Å². The molecule has 2 bridgehead atoms. The summed E-state index contributed by atoms with van der Waals surface area (Å²) < 4.78 is 21.7. The van der Waals surface area contributed by atoms with Gasteiger partial charge < -0.3 is 18.9 Å². The maximum atomic E-state index is 12.3. The Balaban J connectivity index is 1.82. The summed E-state index contributed by atoms with van der Waals surface area (Å²) in [7, 11) is 1.59. The van der Waals surface area contributed by atoms with Crippen LogP contribution in [0.15, 0.2) is 22.7 Å². The quantitative estimate of drug-likeness (QED) is 0.531. The van der Waals surface area contributed by atoms with E-state index >= 15 is 0 Å². The molecule has 1 aliphatic carbocycles. The number of carbonyl (C=O) groups excluding carboxylic acids is 1. The van der Waals surface area contributed by atoms with E-state index in [2.05, 4.69) is 31.9 Å². The Morgan fingerprint density at radius 3 is 2.95 bits per heavy atom. The minimum absolute atomic E-state index is 0.0663. The Hall–Kier alpha value is -1.21. The van der Waals surface area contributed by atoms with Gasteiger partial charge in [-0.1, -0.05) is 31.9 Å². The molecular formula is C15H12Br2O5. The van der Waals surface area contributed by atoms with Crippen LogP contribution in [0.2, 0.25) is 0 Å². The number of alkyl halides is 1. The number of ether oxygens (including phenoxy) is 4. The summed E-state index contributed by atoms with van der Waals surface area (Å²) in [6, 6.07) is 3.81. The Morgan fingerprint density at radius 1 is 1.36 bits per heavy atom. The first-order chi connectivity index (χ1) is 10.5. The van der Waals surface area contributed by atoms with Crippen molar-refractivity contribution in [3.05, 3.63) is 28.3 Å². The molecule has 1 fully saturated rings. The summed E-state index contributed by atoms with van der Waals surface area (Å²) in [6.45, 7) is 0.176. The van der Waals surface area contributed by atoms with Gasteiger partial charge >= 0.3 is 5.97 Å². The molecule has 0 N–H and O–H groups in total.